The van der Waals surface area contributed by atoms with E-state index in [4.69, 9.17) is 9.47 Å². The summed E-state index contributed by atoms with van der Waals surface area (Å²) < 4.78 is 13.3. The monoisotopic (exact) mass is 421 g/mol. The van der Waals surface area contributed by atoms with E-state index in [1.54, 1.807) is 7.11 Å². The fourth-order valence-corrected chi connectivity index (χ4v) is 3.28. The van der Waals surface area contributed by atoms with Gasteiger partial charge in [0.1, 0.15) is 11.5 Å². The minimum absolute atomic E-state index is 0.0328. The predicted molar refractivity (Wildman–Crippen MR) is 124 cm³/mol. The average Bonchev–Trinajstić information content (AvgIpc) is 3.26. The number of unbranched alkanes of at least 4 members (excludes halogenated alkanes) is 1. The number of benzene rings is 2. The molecule has 0 spiro atoms. The summed E-state index contributed by atoms with van der Waals surface area (Å²) >= 11 is 0. The molecule has 6 heteroatoms. The highest BCUT2D eigenvalue weighted by atomic mass is 16.5. The number of hydrogen-bond donors (Lipinski definition) is 1. The summed E-state index contributed by atoms with van der Waals surface area (Å²) in [5.41, 5.74) is 3.76. The Balaban J connectivity index is 1.52. The highest BCUT2D eigenvalue weighted by Gasteiger charge is 2.10. The molecule has 3 aromatic rings. The van der Waals surface area contributed by atoms with Gasteiger partial charge in [0, 0.05) is 24.7 Å². The van der Waals surface area contributed by atoms with E-state index < -0.39 is 0 Å². The molecule has 0 aliphatic rings. The van der Waals surface area contributed by atoms with E-state index in [1.807, 2.05) is 61.9 Å². The Labute approximate surface area is 184 Å². The van der Waals surface area contributed by atoms with Gasteiger partial charge in [0.15, 0.2) is 0 Å². The van der Waals surface area contributed by atoms with E-state index in [9.17, 15) is 4.79 Å². The molecule has 0 radical (unpaired) electrons. The molecule has 0 unspecified atom stereocenters. The molecular formula is C25H31N3O3. The molecule has 164 valence electrons. The van der Waals surface area contributed by atoms with E-state index in [1.165, 1.54) is 0 Å². The van der Waals surface area contributed by atoms with Crippen LogP contribution in [0.5, 0.6) is 11.5 Å². The van der Waals surface area contributed by atoms with Crippen molar-refractivity contribution in [1.29, 1.82) is 0 Å². The third-order valence-corrected chi connectivity index (χ3v) is 5.09. The van der Waals surface area contributed by atoms with E-state index in [2.05, 4.69) is 21.8 Å². The zero-order chi connectivity index (χ0) is 22.1. The van der Waals surface area contributed by atoms with Crippen LogP contribution in [0.2, 0.25) is 0 Å². The van der Waals surface area contributed by atoms with E-state index >= 15 is 0 Å². The van der Waals surface area contributed by atoms with Crippen LogP contribution in [0.4, 0.5) is 5.69 Å². The van der Waals surface area contributed by atoms with Crippen molar-refractivity contribution in [3.63, 3.8) is 0 Å². The summed E-state index contributed by atoms with van der Waals surface area (Å²) in [5, 5.41) is 3.01. The molecule has 1 heterocycles. The molecular weight excluding hydrogens is 390 g/mol. The molecule has 0 saturated heterocycles. The fourth-order valence-electron chi connectivity index (χ4n) is 3.28. The lowest BCUT2D eigenvalue weighted by Gasteiger charge is -2.15. The van der Waals surface area contributed by atoms with E-state index in [-0.39, 0.29) is 5.91 Å². The van der Waals surface area contributed by atoms with Crippen molar-refractivity contribution in [2.45, 2.75) is 46.1 Å². The standard InChI is InChI=1S/C25H31N3O3/c1-4-5-10-24(29)27-25-19(2)8-6-9-23(25)31-16-7-15-28-17-22(26-18-28)20-11-13-21(30-3)14-12-20/h6,8-9,11-14,17-18H,4-5,7,10,15-16H2,1-3H3,(H,27,29). The Morgan fingerprint density at radius 1 is 1.13 bits per heavy atom. The summed E-state index contributed by atoms with van der Waals surface area (Å²) in [6.45, 7) is 5.41. The molecule has 0 aliphatic heterocycles. The van der Waals surface area contributed by atoms with Crippen molar-refractivity contribution in [2.24, 2.45) is 0 Å². The Hall–Kier alpha value is -3.28. The zero-order valence-corrected chi connectivity index (χ0v) is 18.6. The maximum absolute atomic E-state index is 12.2. The maximum Gasteiger partial charge on any atom is 0.224 e. The molecule has 1 aromatic heterocycles. The number of para-hydroxylation sites is 1. The Kier molecular flexibility index (Phi) is 8.10. The number of ether oxygens (including phenoxy) is 2. The van der Waals surface area contributed by atoms with Crippen molar-refractivity contribution in [3.8, 4) is 22.8 Å². The summed E-state index contributed by atoms with van der Waals surface area (Å²) in [5.74, 6) is 1.58. The van der Waals surface area contributed by atoms with Crippen LogP contribution in [0.1, 0.15) is 38.2 Å². The largest absolute Gasteiger partial charge is 0.497 e. The number of imidazole rings is 1. The van der Waals surface area contributed by atoms with Gasteiger partial charge < -0.3 is 19.4 Å². The maximum atomic E-state index is 12.2. The van der Waals surface area contributed by atoms with Gasteiger partial charge in [-0.15, -0.1) is 0 Å². The molecule has 0 atom stereocenters. The van der Waals surface area contributed by atoms with Crippen molar-refractivity contribution >= 4 is 11.6 Å². The van der Waals surface area contributed by atoms with Crippen LogP contribution < -0.4 is 14.8 Å². The van der Waals surface area contributed by atoms with Crippen LogP contribution in [0, 0.1) is 6.92 Å². The lowest BCUT2D eigenvalue weighted by molar-refractivity contribution is -0.116. The molecule has 1 amide bonds. The first kappa shape index (κ1) is 22.4. The zero-order valence-electron chi connectivity index (χ0n) is 18.6. The summed E-state index contributed by atoms with van der Waals surface area (Å²) in [4.78, 5) is 16.7. The molecule has 0 fully saturated rings. The van der Waals surface area contributed by atoms with Crippen LogP contribution in [0.25, 0.3) is 11.3 Å². The smallest absolute Gasteiger partial charge is 0.224 e. The molecule has 2 aromatic carbocycles. The summed E-state index contributed by atoms with van der Waals surface area (Å²) in [7, 11) is 1.66. The number of methoxy groups -OCH3 is 1. The fraction of sp³-hybridized carbons (Fsp3) is 0.360. The predicted octanol–water partition coefficient (Wildman–Crippen LogP) is 5.46. The molecule has 0 aliphatic carbocycles. The first-order valence-electron chi connectivity index (χ1n) is 10.8. The second kappa shape index (κ2) is 11.2. The number of hydrogen-bond acceptors (Lipinski definition) is 4. The lowest BCUT2D eigenvalue weighted by Crippen LogP contribution is -2.13. The highest BCUT2D eigenvalue weighted by Crippen LogP contribution is 2.28. The van der Waals surface area contributed by atoms with Crippen molar-refractivity contribution in [3.05, 3.63) is 60.6 Å². The van der Waals surface area contributed by atoms with Crippen LogP contribution in [0.15, 0.2) is 55.0 Å². The summed E-state index contributed by atoms with van der Waals surface area (Å²) in [6, 6.07) is 13.7. The van der Waals surface area contributed by atoms with E-state index in [0.717, 1.165) is 59.8 Å². The molecule has 0 saturated carbocycles. The lowest BCUT2D eigenvalue weighted by atomic mass is 10.1. The van der Waals surface area contributed by atoms with Crippen LogP contribution in [0.3, 0.4) is 0 Å². The van der Waals surface area contributed by atoms with Gasteiger partial charge in [0.05, 0.1) is 31.4 Å². The van der Waals surface area contributed by atoms with Gasteiger partial charge in [-0.25, -0.2) is 4.98 Å². The van der Waals surface area contributed by atoms with Crippen molar-refractivity contribution in [2.75, 3.05) is 19.0 Å². The number of aromatic nitrogens is 2. The van der Waals surface area contributed by atoms with Crippen molar-refractivity contribution < 1.29 is 14.3 Å². The number of aryl methyl sites for hydroxylation is 2. The molecule has 0 bridgehead atoms. The second-order valence-electron chi connectivity index (χ2n) is 7.53. The Morgan fingerprint density at radius 2 is 1.94 bits per heavy atom. The minimum atomic E-state index is 0.0328. The summed E-state index contributed by atoms with van der Waals surface area (Å²) in [6.07, 6.45) is 7.12. The highest BCUT2D eigenvalue weighted by molar-refractivity contribution is 5.93. The number of carbonyl (C=O) groups is 1. The van der Waals surface area contributed by atoms with Crippen LogP contribution in [-0.4, -0.2) is 29.2 Å². The number of rotatable bonds is 11. The SMILES string of the molecule is CCCCC(=O)Nc1c(C)cccc1OCCCn1cnc(-c2ccc(OC)cc2)c1. The normalized spacial score (nSPS) is 10.7. The van der Waals surface area contributed by atoms with Gasteiger partial charge in [-0.05, 0) is 55.7 Å². The minimum Gasteiger partial charge on any atom is -0.497 e. The molecule has 6 nitrogen and oxygen atoms in total. The molecule has 1 N–H and O–H groups in total. The van der Waals surface area contributed by atoms with Gasteiger partial charge in [-0.3, -0.25) is 4.79 Å². The number of nitrogens with zero attached hydrogens (tertiary/aromatic N) is 2. The van der Waals surface area contributed by atoms with Gasteiger partial charge in [0.25, 0.3) is 0 Å². The quantitative estimate of drug-likeness (QED) is 0.417. The number of amides is 1. The van der Waals surface area contributed by atoms with Gasteiger partial charge in [-0.2, -0.15) is 0 Å². The molecule has 3 rings (SSSR count). The van der Waals surface area contributed by atoms with E-state index in [0.29, 0.717) is 13.0 Å². The topological polar surface area (TPSA) is 65.4 Å². The van der Waals surface area contributed by atoms with Gasteiger partial charge in [-0.1, -0.05) is 25.5 Å². The third-order valence-electron chi connectivity index (χ3n) is 5.09. The van der Waals surface area contributed by atoms with Crippen LogP contribution in [-0.2, 0) is 11.3 Å². The van der Waals surface area contributed by atoms with Crippen LogP contribution >= 0.6 is 0 Å². The molecule has 31 heavy (non-hydrogen) atoms. The number of carbonyl (C=O) groups excluding carboxylic acids is 1. The Bertz CT molecular complexity index is 980. The van der Waals surface area contributed by atoms with Gasteiger partial charge in [0.2, 0.25) is 5.91 Å². The third kappa shape index (κ3) is 6.35. The second-order valence-corrected chi connectivity index (χ2v) is 7.53. The number of anilines is 1. The van der Waals surface area contributed by atoms with Gasteiger partial charge >= 0.3 is 0 Å². The number of nitrogens with one attached hydrogen (secondary N) is 1. The first-order chi connectivity index (χ1) is 15.1. The van der Waals surface area contributed by atoms with Crippen molar-refractivity contribution in [1.82, 2.24) is 9.55 Å². The Morgan fingerprint density at radius 3 is 2.68 bits per heavy atom. The average molecular weight is 422 g/mol. The first-order valence-corrected chi connectivity index (χ1v) is 10.8.